The van der Waals surface area contributed by atoms with Gasteiger partial charge in [-0.05, 0) is 55.8 Å². The molecule has 1 atom stereocenters. The number of hydrogen-bond acceptors (Lipinski definition) is 5. The highest BCUT2D eigenvalue weighted by molar-refractivity contribution is 6.30. The number of carbonyl (C=O) groups excluding carboxylic acids is 2. The summed E-state index contributed by atoms with van der Waals surface area (Å²) in [5.41, 5.74) is 4.12. The van der Waals surface area contributed by atoms with Crippen LogP contribution in [-0.4, -0.2) is 35.9 Å². The van der Waals surface area contributed by atoms with Crippen molar-refractivity contribution in [1.82, 2.24) is 15.1 Å². The number of rotatable bonds is 8. The van der Waals surface area contributed by atoms with Gasteiger partial charge in [-0.3, -0.25) is 9.59 Å². The number of nitrogens with zero attached hydrogens (tertiary/aromatic N) is 2. The molecule has 168 valence electrons. The number of methoxy groups -OCH3 is 2. The van der Waals surface area contributed by atoms with Crippen molar-refractivity contribution in [3.05, 3.63) is 76.1 Å². The molecule has 2 aromatic carbocycles. The zero-order chi connectivity index (χ0) is 23.3. The molecule has 0 aliphatic rings. The number of aryl methyl sites for hydroxylation is 1. The topological polar surface area (TPSA) is 82.5 Å². The van der Waals surface area contributed by atoms with Gasteiger partial charge in [0.05, 0.1) is 44.5 Å². The van der Waals surface area contributed by atoms with Crippen LogP contribution in [0.2, 0.25) is 5.02 Å². The number of halogens is 1. The van der Waals surface area contributed by atoms with Gasteiger partial charge in [-0.2, -0.15) is 5.10 Å². The highest BCUT2D eigenvalue weighted by Gasteiger charge is 2.22. The lowest BCUT2D eigenvalue weighted by molar-refractivity contribution is -0.141. The molecule has 7 nitrogen and oxygen atoms in total. The Morgan fingerprint density at radius 1 is 1.06 bits per heavy atom. The number of hydrogen-bond donors (Lipinski definition) is 1. The molecule has 0 fully saturated rings. The molecule has 0 saturated carbocycles. The summed E-state index contributed by atoms with van der Waals surface area (Å²) in [6.45, 7) is 3.80. The Kier molecular flexibility index (Phi) is 7.53. The van der Waals surface area contributed by atoms with Gasteiger partial charge in [0.15, 0.2) is 0 Å². The van der Waals surface area contributed by atoms with Gasteiger partial charge in [-0.25, -0.2) is 4.68 Å². The molecule has 0 aliphatic carbocycles. The fourth-order valence-electron chi connectivity index (χ4n) is 3.51. The van der Waals surface area contributed by atoms with Crippen molar-refractivity contribution in [2.45, 2.75) is 32.7 Å². The first-order chi connectivity index (χ1) is 15.3. The SMILES string of the molecule is COC(=O)CC(NC(=O)Cc1c(C)nn(-c2ccc(Cl)cc2)c1C)c1ccc(OC)cc1. The zero-order valence-electron chi connectivity index (χ0n) is 18.5. The fourth-order valence-corrected chi connectivity index (χ4v) is 3.63. The van der Waals surface area contributed by atoms with Crippen molar-refractivity contribution < 1.29 is 19.1 Å². The van der Waals surface area contributed by atoms with Crippen LogP contribution < -0.4 is 10.1 Å². The van der Waals surface area contributed by atoms with Gasteiger partial charge in [0.1, 0.15) is 5.75 Å². The van der Waals surface area contributed by atoms with Crippen LogP contribution in [0.1, 0.15) is 35.0 Å². The number of ether oxygens (including phenoxy) is 2. The Balaban J connectivity index is 1.79. The number of aromatic nitrogens is 2. The minimum Gasteiger partial charge on any atom is -0.497 e. The van der Waals surface area contributed by atoms with Crippen LogP contribution >= 0.6 is 11.6 Å². The first kappa shape index (κ1) is 23.3. The van der Waals surface area contributed by atoms with Crippen molar-refractivity contribution in [1.29, 1.82) is 0 Å². The predicted octanol–water partition coefficient (Wildman–Crippen LogP) is 4.11. The van der Waals surface area contributed by atoms with Crippen molar-refractivity contribution >= 4 is 23.5 Å². The smallest absolute Gasteiger partial charge is 0.307 e. The molecule has 8 heteroatoms. The van der Waals surface area contributed by atoms with Crippen molar-refractivity contribution in [3.8, 4) is 11.4 Å². The van der Waals surface area contributed by atoms with Crippen molar-refractivity contribution in [2.75, 3.05) is 14.2 Å². The van der Waals surface area contributed by atoms with Gasteiger partial charge >= 0.3 is 5.97 Å². The van der Waals surface area contributed by atoms with E-state index in [1.807, 2.05) is 38.1 Å². The highest BCUT2D eigenvalue weighted by Crippen LogP contribution is 2.23. The highest BCUT2D eigenvalue weighted by atomic mass is 35.5. The third kappa shape index (κ3) is 5.48. The molecule has 1 unspecified atom stereocenters. The number of benzene rings is 2. The number of esters is 1. The average Bonchev–Trinajstić information content (AvgIpc) is 3.07. The van der Waals surface area contributed by atoms with E-state index in [1.54, 1.807) is 36.1 Å². The Morgan fingerprint density at radius 2 is 1.72 bits per heavy atom. The second-order valence-corrected chi connectivity index (χ2v) is 7.82. The van der Waals surface area contributed by atoms with Gasteiger partial charge in [-0.1, -0.05) is 23.7 Å². The summed E-state index contributed by atoms with van der Waals surface area (Å²) < 4.78 is 11.8. The first-order valence-electron chi connectivity index (χ1n) is 10.1. The quantitative estimate of drug-likeness (QED) is 0.517. The molecule has 0 spiro atoms. The number of carbonyl (C=O) groups is 2. The van der Waals surface area contributed by atoms with Crippen molar-refractivity contribution in [2.24, 2.45) is 0 Å². The molecule has 1 aromatic heterocycles. The lowest BCUT2D eigenvalue weighted by Gasteiger charge is -2.19. The summed E-state index contributed by atoms with van der Waals surface area (Å²) in [7, 11) is 2.91. The van der Waals surface area contributed by atoms with Crippen LogP contribution in [0.15, 0.2) is 48.5 Å². The van der Waals surface area contributed by atoms with E-state index >= 15 is 0 Å². The molecule has 1 amide bonds. The predicted molar refractivity (Wildman–Crippen MR) is 122 cm³/mol. The second kappa shape index (κ2) is 10.3. The number of amides is 1. The lowest BCUT2D eigenvalue weighted by Crippen LogP contribution is -2.31. The molecule has 0 saturated heterocycles. The third-order valence-corrected chi connectivity index (χ3v) is 5.55. The molecule has 0 radical (unpaired) electrons. The van der Waals surface area contributed by atoms with Gasteiger partial charge in [0, 0.05) is 16.3 Å². The largest absolute Gasteiger partial charge is 0.497 e. The van der Waals surface area contributed by atoms with Gasteiger partial charge < -0.3 is 14.8 Å². The normalized spacial score (nSPS) is 11.7. The van der Waals surface area contributed by atoms with Gasteiger partial charge in [0.2, 0.25) is 5.91 Å². The van der Waals surface area contributed by atoms with Crippen LogP contribution in [0.5, 0.6) is 5.75 Å². The standard InChI is InChI=1S/C24H26ClN3O4/c1-15-21(16(2)28(27-15)19-9-7-18(25)8-10-19)13-23(29)26-22(14-24(30)32-4)17-5-11-20(31-3)12-6-17/h5-12,22H,13-14H2,1-4H3,(H,26,29). The van der Waals surface area contributed by atoms with Crippen LogP contribution in [0.25, 0.3) is 5.69 Å². The molecule has 1 heterocycles. The molecular weight excluding hydrogens is 430 g/mol. The zero-order valence-corrected chi connectivity index (χ0v) is 19.3. The molecule has 32 heavy (non-hydrogen) atoms. The monoisotopic (exact) mass is 455 g/mol. The Labute approximate surface area is 192 Å². The maximum atomic E-state index is 12.9. The van der Waals surface area contributed by atoms with Gasteiger partial charge in [0.25, 0.3) is 0 Å². The minimum atomic E-state index is -0.521. The van der Waals surface area contributed by atoms with E-state index < -0.39 is 12.0 Å². The maximum Gasteiger partial charge on any atom is 0.307 e. The average molecular weight is 456 g/mol. The summed E-state index contributed by atoms with van der Waals surface area (Å²) in [6, 6.07) is 14.0. The van der Waals surface area contributed by atoms with Crippen molar-refractivity contribution in [3.63, 3.8) is 0 Å². The summed E-state index contributed by atoms with van der Waals surface area (Å²) in [5, 5.41) is 8.19. The Morgan fingerprint density at radius 3 is 2.31 bits per heavy atom. The Hall–Kier alpha value is -3.32. The van der Waals surface area contributed by atoms with E-state index in [-0.39, 0.29) is 18.7 Å². The van der Waals surface area contributed by atoms with E-state index in [1.165, 1.54) is 7.11 Å². The van der Waals surface area contributed by atoms with Crippen LogP contribution in [0.4, 0.5) is 0 Å². The van der Waals surface area contributed by atoms with E-state index in [0.29, 0.717) is 10.8 Å². The third-order valence-electron chi connectivity index (χ3n) is 5.30. The summed E-state index contributed by atoms with van der Waals surface area (Å²) >= 11 is 5.98. The Bertz CT molecular complexity index is 1090. The van der Waals surface area contributed by atoms with Crippen LogP contribution in [-0.2, 0) is 20.7 Å². The van der Waals surface area contributed by atoms with E-state index in [0.717, 1.165) is 28.2 Å². The first-order valence-corrected chi connectivity index (χ1v) is 10.5. The lowest BCUT2D eigenvalue weighted by atomic mass is 10.0. The van der Waals surface area contributed by atoms with Crippen LogP contribution in [0.3, 0.4) is 0 Å². The number of nitrogens with one attached hydrogen (secondary N) is 1. The molecular formula is C24H26ClN3O4. The van der Waals surface area contributed by atoms with E-state index in [2.05, 4.69) is 10.4 Å². The molecule has 3 rings (SSSR count). The van der Waals surface area contributed by atoms with E-state index in [4.69, 9.17) is 21.1 Å². The molecule has 0 bridgehead atoms. The molecule has 3 aromatic rings. The molecule has 1 N–H and O–H groups in total. The van der Waals surface area contributed by atoms with E-state index in [9.17, 15) is 9.59 Å². The maximum absolute atomic E-state index is 12.9. The van der Waals surface area contributed by atoms with Crippen LogP contribution in [0, 0.1) is 13.8 Å². The molecule has 0 aliphatic heterocycles. The summed E-state index contributed by atoms with van der Waals surface area (Å²) in [4.78, 5) is 24.9. The summed E-state index contributed by atoms with van der Waals surface area (Å²) in [6.07, 6.45) is 0.162. The fraction of sp³-hybridized carbons (Fsp3) is 0.292. The second-order valence-electron chi connectivity index (χ2n) is 7.39. The van der Waals surface area contributed by atoms with Gasteiger partial charge in [-0.15, -0.1) is 0 Å². The summed E-state index contributed by atoms with van der Waals surface area (Å²) in [5.74, 6) is 0.0726. The minimum absolute atomic E-state index is 0.0244.